The Bertz CT molecular complexity index is 801. The Morgan fingerprint density at radius 3 is 2.59 bits per heavy atom. The van der Waals surface area contributed by atoms with Crippen molar-refractivity contribution in [2.75, 3.05) is 31.5 Å². The van der Waals surface area contributed by atoms with Gasteiger partial charge in [-0.1, -0.05) is 30.3 Å². The fourth-order valence-corrected chi connectivity index (χ4v) is 4.30. The second-order valence-corrected chi connectivity index (χ2v) is 8.42. The fraction of sp³-hybridized carbons (Fsp3) is 0.429. The summed E-state index contributed by atoms with van der Waals surface area (Å²) in [7, 11) is 0. The van der Waals surface area contributed by atoms with E-state index in [0.29, 0.717) is 4.88 Å². The third-order valence-electron chi connectivity index (χ3n) is 5.14. The molecule has 2 aromatic rings. The maximum absolute atomic E-state index is 12.9. The van der Waals surface area contributed by atoms with Crippen LogP contribution >= 0.6 is 11.3 Å². The molecule has 142 valence electrons. The molecule has 1 aliphatic heterocycles. The number of rotatable bonds is 5. The van der Waals surface area contributed by atoms with Gasteiger partial charge in [0.2, 0.25) is 5.91 Å². The van der Waals surface area contributed by atoms with Gasteiger partial charge in [0.05, 0.1) is 9.88 Å². The fourth-order valence-electron chi connectivity index (χ4n) is 3.42. The molecule has 1 aromatic carbocycles. The Labute approximate surface area is 164 Å². The minimum atomic E-state index is 0.0773. The molecule has 27 heavy (non-hydrogen) atoms. The maximum atomic E-state index is 12.9. The number of thiophene rings is 1. The van der Waals surface area contributed by atoms with E-state index in [9.17, 15) is 9.59 Å². The minimum absolute atomic E-state index is 0.0773. The van der Waals surface area contributed by atoms with Crippen molar-refractivity contribution in [1.29, 1.82) is 0 Å². The van der Waals surface area contributed by atoms with Gasteiger partial charge < -0.3 is 10.2 Å². The molecule has 0 bridgehead atoms. The van der Waals surface area contributed by atoms with Crippen LogP contribution in [0.4, 0.5) is 5.00 Å². The molecule has 2 heterocycles. The topological polar surface area (TPSA) is 52.7 Å². The average Bonchev–Trinajstić information content (AvgIpc) is 3.47. The van der Waals surface area contributed by atoms with Gasteiger partial charge in [-0.2, -0.15) is 0 Å². The standard InChI is InChI=1S/C21H25N3O2S/c25-20(17-7-8-17)22-19-10-9-18(27-19)21(26)24-12-4-11-23(13-14-24)15-16-5-2-1-3-6-16/h1-3,5-6,9-10,17H,4,7-8,11-15H2,(H,22,25). The number of amides is 2. The molecule has 1 aromatic heterocycles. The molecule has 1 aliphatic carbocycles. The lowest BCUT2D eigenvalue weighted by atomic mass is 10.2. The third-order valence-corrected chi connectivity index (χ3v) is 6.12. The Morgan fingerprint density at radius 1 is 1.00 bits per heavy atom. The smallest absolute Gasteiger partial charge is 0.264 e. The number of hydrogen-bond acceptors (Lipinski definition) is 4. The molecule has 0 radical (unpaired) electrons. The van der Waals surface area contributed by atoms with Crippen LogP contribution in [0.3, 0.4) is 0 Å². The predicted molar refractivity (Wildman–Crippen MR) is 108 cm³/mol. The summed E-state index contributed by atoms with van der Waals surface area (Å²) in [6.45, 7) is 4.35. The van der Waals surface area contributed by atoms with Crippen molar-refractivity contribution in [1.82, 2.24) is 9.80 Å². The number of nitrogens with one attached hydrogen (secondary N) is 1. The van der Waals surface area contributed by atoms with Crippen LogP contribution in [-0.4, -0.2) is 47.8 Å². The zero-order chi connectivity index (χ0) is 18.6. The van der Waals surface area contributed by atoms with E-state index in [1.54, 1.807) is 0 Å². The molecule has 0 unspecified atom stereocenters. The van der Waals surface area contributed by atoms with Gasteiger partial charge in [-0.25, -0.2) is 0 Å². The summed E-state index contributed by atoms with van der Waals surface area (Å²) in [5.74, 6) is 0.336. The second kappa shape index (κ2) is 8.23. The van der Waals surface area contributed by atoms with Crippen LogP contribution < -0.4 is 5.32 Å². The molecule has 2 amide bonds. The Balaban J connectivity index is 1.32. The monoisotopic (exact) mass is 383 g/mol. The average molecular weight is 384 g/mol. The van der Waals surface area contributed by atoms with Crippen molar-refractivity contribution in [2.24, 2.45) is 5.92 Å². The Morgan fingerprint density at radius 2 is 1.81 bits per heavy atom. The molecule has 5 nitrogen and oxygen atoms in total. The van der Waals surface area contributed by atoms with Crippen molar-refractivity contribution in [2.45, 2.75) is 25.8 Å². The third kappa shape index (κ3) is 4.76. The SMILES string of the molecule is O=C(Nc1ccc(C(=O)N2CCCN(Cc3ccccc3)CC2)s1)C1CC1. The summed E-state index contributed by atoms with van der Waals surface area (Å²) in [6, 6.07) is 14.2. The Hall–Kier alpha value is -2.18. The van der Waals surface area contributed by atoms with E-state index in [1.807, 2.05) is 23.1 Å². The zero-order valence-corrected chi connectivity index (χ0v) is 16.2. The molecule has 6 heteroatoms. The second-order valence-electron chi connectivity index (χ2n) is 7.33. The van der Waals surface area contributed by atoms with Gasteiger partial charge in [0.15, 0.2) is 0 Å². The quantitative estimate of drug-likeness (QED) is 0.860. The van der Waals surface area contributed by atoms with Crippen LogP contribution in [-0.2, 0) is 11.3 Å². The molecule has 0 spiro atoms. The minimum Gasteiger partial charge on any atom is -0.337 e. The van der Waals surface area contributed by atoms with Crippen molar-refractivity contribution in [3.63, 3.8) is 0 Å². The zero-order valence-electron chi connectivity index (χ0n) is 15.4. The van der Waals surface area contributed by atoms with E-state index in [0.717, 1.165) is 57.0 Å². The molecule has 2 fully saturated rings. The van der Waals surface area contributed by atoms with E-state index >= 15 is 0 Å². The van der Waals surface area contributed by atoms with Crippen LogP contribution in [0.1, 0.15) is 34.5 Å². The van der Waals surface area contributed by atoms with Crippen LogP contribution in [0.2, 0.25) is 0 Å². The van der Waals surface area contributed by atoms with Crippen LogP contribution in [0, 0.1) is 5.92 Å². The summed E-state index contributed by atoms with van der Waals surface area (Å²) in [5.41, 5.74) is 1.31. The van der Waals surface area contributed by atoms with E-state index in [2.05, 4.69) is 34.5 Å². The van der Waals surface area contributed by atoms with Gasteiger partial charge in [0.1, 0.15) is 0 Å². The molecule has 2 aliphatic rings. The lowest BCUT2D eigenvalue weighted by Gasteiger charge is -2.21. The van der Waals surface area contributed by atoms with Gasteiger partial charge in [0.25, 0.3) is 5.91 Å². The van der Waals surface area contributed by atoms with E-state index in [-0.39, 0.29) is 17.7 Å². The lowest BCUT2D eigenvalue weighted by Crippen LogP contribution is -2.34. The molecule has 1 saturated heterocycles. The highest BCUT2D eigenvalue weighted by molar-refractivity contribution is 7.18. The highest BCUT2D eigenvalue weighted by Crippen LogP contribution is 2.32. The maximum Gasteiger partial charge on any atom is 0.264 e. The largest absolute Gasteiger partial charge is 0.337 e. The first-order valence-corrected chi connectivity index (χ1v) is 10.5. The molecule has 1 N–H and O–H groups in total. The number of anilines is 1. The van der Waals surface area contributed by atoms with Crippen LogP contribution in [0.15, 0.2) is 42.5 Å². The number of benzene rings is 1. The summed E-state index contributed by atoms with van der Waals surface area (Å²) < 4.78 is 0. The summed E-state index contributed by atoms with van der Waals surface area (Å²) in [5, 5.41) is 3.70. The summed E-state index contributed by atoms with van der Waals surface area (Å²) in [6.07, 6.45) is 2.95. The summed E-state index contributed by atoms with van der Waals surface area (Å²) in [4.78, 5) is 29.8. The molecular weight excluding hydrogens is 358 g/mol. The predicted octanol–water partition coefficient (Wildman–Crippen LogP) is 3.44. The highest BCUT2D eigenvalue weighted by atomic mass is 32.1. The number of hydrogen-bond donors (Lipinski definition) is 1. The summed E-state index contributed by atoms with van der Waals surface area (Å²) >= 11 is 1.38. The number of nitrogens with zero attached hydrogens (tertiary/aromatic N) is 2. The van der Waals surface area contributed by atoms with Gasteiger partial charge in [-0.15, -0.1) is 11.3 Å². The first-order chi connectivity index (χ1) is 13.2. The molecule has 4 rings (SSSR count). The van der Waals surface area contributed by atoms with Crippen LogP contribution in [0.25, 0.3) is 0 Å². The van der Waals surface area contributed by atoms with Gasteiger partial charge in [-0.05, 0) is 37.0 Å². The van der Waals surface area contributed by atoms with Gasteiger partial charge in [0, 0.05) is 38.6 Å². The normalized spacial score (nSPS) is 18.1. The van der Waals surface area contributed by atoms with Crippen molar-refractivity contribution in [3.8, 4) is 0 Å². The lowest BCUT2D eigenvalue weighted by molar-refractivity contribution is -0.117. The van der Waals surface area contributed by atoms with Crippen LogP contribution in [0.5, 0.6) is 0 Å². The first kappa shape index (κ1) is 18.2. The Kier molecular flexibility index (Phi) is 5.55. The number of carbonyl (C=O) groups is 2. The van der Waals surface area contributed by atoms with E-state index in [4.69, 9.17) is 0 Å². The van der Waals surface area contributed by atoms with E-state index < -0.39 is 0 Å². The molecule has 1 saturated carbocycles. The number of carbonyl (C=O) groups excluding carboxylic acids is 2. The highest BCUT2D eigenvalue weighted by Gasteiger charge is 2.30. The first-order valence-electron chi connectivity index (χ1n) is 9.65. The molecular formula is C21H25N3O2S. The van der Waals surface area contributed by atoms with Crippen molar-refractivity contribution >= 4 is 28.2 Å². The van der Waals surface area contributed by atoms with Crippen molar-refractivity contribution in [3.05, 3.63) is 52.9 Å². The van der Waals surface area contributed by atoms with Gasteiger partial charge in [-0.3, -0.25) is 14.5 Å². The molecule has 0 atom stereocenters. The van der Waals surface area contributed by atoms with E-state index in [1.165, 1.54) is 16.9 Å². The van der Waals surface area contributed by atoms with Gasteiger partial charge >= 0.3 is 0 Å². The van der Waals surface area contributed by atoms with Crippen molar-refractivity contribution < 1.29 is 9.59 Å².